The number of thiol groups is 1. The molecule has 5 heteroatoms. The highest BCUT2D eigenvalue weighted by Gasteiger charge is 2.34. The van der Waals surface area contributed by atoms with Crippen LogP contribution in [0.1, 0.15) is 56.0 Å². The Morgan fingerprint density at radius 1 is 1.23 bits per heavy atom. The fraction of sp³-hybridized carbons (Fsp3) is 0.588. The van der Waals surface area contributed by atoms with Crippen LogP contribution in [0.4, 0.5) is 0 Å². The van der Waals surface area contributed by atoms with Crippen LogP contribution in [-0.4, -0.2) is 27.2 Å². The van der Waals surface area contributed by atoms with E-state index < -0.39 is 10.7 Å². The minimum atomic E-state index is -2.41. The molecule has 0 saturated carbocycles. The summed E-state index contributed by atoms with van der Waals surface area (Å²) in [6.07, 6.45) is 2.66. The average Bonchev–Trinajstić information content (AvgIpc) is 2.52. The molecule has 0 heterocycles. The van der Waals surface area contributed by atoms with Crippen LogP contribution in [0, 0.1) is 5.92 Å². The maximum absolute atomic E-state index is 11.5. The van der Waals surface area contributed by atoms with Crippen LogP contribution >= 0.6 is 0 Å². The molecule has 22 heavy (non-hydrogen) atoms. The zero-order valence-corrected chi connectivity index (χ0v) is 14.7. The zero-order chi connectivity index (χ0) is 16.8. The molecule has 0 spiro atoms. The molecule has 0 amide bonds. The molecule has 1 aromatic carbocycles. The third kappa shape index (κ3) is 4.32. The lowest BCUT2D eigenvalue weighted by molar-refractivity contribution is 0.0600. The largest absolute Gasteiger partial charge is 0.465 e. The van der Waals surface area contributed by atoms with Gasteiger partial charge in [0.15, 0.2) is 0 Å². The lowest BCUT2D eigenvalue weighted by Gasteiger charge is -2.37. The normalized spacial score (nSPS) is 15.3. The van der Waals surface area contributed by atoms with Crippen molar-refractivity contribution in [3.63, 3.8) is 0 Å². The monoisotopic (exact) mass is 326 g/mol. The van der Waals surface area contributed by atoms with E-state index in [1.165, 1.54) is 7.11 Å². The van der Waals surface area contributed by atoms with Crippen LogP contribution in [-0.2, 0) is 20.9 Å². The summed E-state index contributed by atoms with van der Waals surface area (Å²) in [6.45, 7) is 6.26. The number of hydrogen-bond donors (Lipinski definition) is 1. The summed E-state index contributed by atoms with van der Waals surface area (Å²) in [4.78, 5) is 11.5. The molecule has 2 unspecified atom stereocenters. The van der Waals surface area contributed by atoms with Crippen LogP contribution in [0.3, 0.4) is 0 Å². The maximum atomic E-state index is 11.5. The third-order valence-electron chi connectivity index (χ3n) is 4.61. The Labute approximate surface area is 134 Å². The van der Waals surface area contributed by atoms with Crippen molar-refractivity contribution in [2.45, 2.75) is 45.4 Å². The van der Waals surface area contributed by atoms with Gasteiger partial charge in [0.1, 0.15) is 10.7 Å². The predicted octanol–water partition coefficient (Wildman–Crippen LogP) is 3.17. The van der Waals surface area contributed by atoms with E-state index in [1.807, 2.05) is 12.1 Å². The van der Waals surface area contributed by atoms with Crippen LogP contribution in [0.25, 0.3) is 0 Å². The van der Waals surface area contributed by atoms with Crippen molar-refractivity contribution in [2.24, 2.45) is 5.92 Å². The third-order valence-corrected chi connectivity index (χ3v) is 5.35. The number of carbonyl (C=O) groups excluding carboxylic acids is 1. The smallest absolute Gasteiger partial charge is 0.337 e. The van der Waals surface area contributed by atoms with E-state index in [4.69, 9.17) is 4.74 Å². The summed E-state index contributed by atoms with van der Waals surface area (Å²) >= 11 is 0. The number of rotatable bonds is 8. The van der Waals surface area contributed by atoms with Crippen molar-refractivity contribution in [1.29, 1.82) is 0 Å². The highest BCUT2D eigenvalue weighted by molar-refractivity contribution is 7.72. The van der Waals surface area contributed by atoms with Gasteiger partial charge in [0, 0.05) is 0 Å². The van der Waals surface area contributed by atoms with Crippen LogP contribution in [0.5, 0.6) is 0 Å². The van der Waals surface area contributed by atoms with Gasteiger partial charge >= 0.3 is 5.97 Å². The quantitative estimate of drug-likeness (QED) is 0.589. The lowest BCUT2D eigenvalue weighted by atomic mass is 9.69. The van der Waals surface area contributed by atoms with Gasteiger partial charge in [-0.2, -0.15) is 0 Å². The molecule has 0 aliphatic heterocycles. The Morgan fingerprint density at radius 2 is 1.82 bits per heavy atom. The van der Waals surface area contributed by atoms with Crippen molar-refractivity contribution in [1.82, 2.24) is 0 Å². The molecule has 0 aromatic heterocycles. The van der Waals surface area contributed by atoms with E-state index in [2.05, 4.69) is 20.8 Å². The van der Waals surface area contributed by atoms with E-state index in [-0.39, 0.29) is 23.1 Å². The first-order valence-electron chi connectivity index (χ1n) is 7.69. The second-order valence-corrected chi connectivity index (χ2v) is 6.87. The van der Waals surface area contributed by atoms with Crippen LogP contribution in [0.15, 0.2) is 24.3 Å². The molecule has 0 saturated heterocycles. The standard InChI is InChI=1S/C17H26O4S/c1-5-7-15(12-22(19)20)17(3,6-2)14-10-8-13(9-11-14)16(18)21-4/h8-11,15,22H,5-7,12H2,1-4H3. The molecule has 0 fully saturated rings. The van der Waals surface area contributed by atoms with Gasteiger partial charge < -0.3 is 4.74 Å². The first-order chi connectivity index (χ1) is 10.4. The number of esters is 1. The van der Waals surface area contributed by atoms with E-state index in [1.54, 1.807) is 12.1 Å². The minimum absolute atomic E-state index is 0.0765. The number of carbonyl (C=O) groups is 1. The average molecular weight is 326 g/mol. The zero-order valence-electron chi connectivity index (χ0n) is 13.8. The molecular formula is C17H26O4S. The number of hydrogen-bond acceptors (Lipinski definition) is 4. The van der Waals surface area contributed by atoms with Crippen LogP contribution < -0.4 is 0 Å². The summed E-state index contributed by atoms with van der Waals surface area (Å²) in [6, 6.07) is 7.32. The Bertz CT molecular complexity index is 555. The second-order valence-electron chi connectivity index (χ2n) is 5.84. The summed E-state index contributed by atoms with van der Waals surface area (Å²) in [7, 11) is -1.05. The molecule has 4 nitrogen and oxygen atoms in total. The first kappa shape index (κ1) is 18.7. The Kier molecular flexibility index (Phi) is 7.07. The summed E-state index contributed by atoms with van der Waals surface area (Å²) in [5.74, 6) is -0.0863. The highest BCUT2D eigenvalue weighted by Crippen LogP contribution is 2.38. The number of benzene rings is 1. The minimum Gasteiger partial charge on any atom is -0.465 e. The Balaban J connectivity index is 3.16. The Morgan fingerprint density at radius 3 is 2.23 bits per heavy atom. The fourth-order valence-electron chi connectivity index (χ4n) is 2.97. The van der Waals surface area contributed by atoms with Gasteiger partial charge in [-0.15, -0.1) is 0 Å². The predicted molar refractivity (Wildman–Crippen MR) is 89.0 cm³/mol. The molecule has 2 atom stereocenters. The van der Waals surface area contributed by atoms with E-state index in [9.17, 15) is 13.2 Å². The number of ether oxygens (including phenoxy) is 1. The first-order valence-corrected chi connectivity index (χ1v) is 9.05. The van der Waals surface area contributed by atoms with Gasteiger partial charge in [-0.05, 0) is 41.9 Å². The van der Waals surface area contributed by atoms with E-state index >= 15 is 0 Å². The lowest BCUT2D eigenvalue weighted by Crippen LogP contribution is -2.34. The molecule has 124 valence electrons. The van der Waals surface area contributed by atoms with Crippen molar-refractivity contribution < 1.29 is 17.9 Å². The molecule has 0 radical (unpaired) electrons. The number of methoxy groups -OCH3 is 1. The van der Waals surface area contributed by atoms with Crippen molar-refractivity contribution in [2.75, 3.05) is 12.9 Å². The molecule has 1 aromatic rings. The molecular weight excluding hydrogens is 300 g/mol. The van der Waals surface area contributed by atoms with Gasteiger partial charge in [-0.1, -0.05) is 39.3 Å². The molecule has 1 rings (SSSR count). The topological polar surface area (TPSA) is 60.4 Å². The maximum Gasteiger partial charge on any atom is 0.337 e. The van der Waals surface area contributed by atoms with E-state index in [0.29, 0.717) is 5.56 Å². The van der Waals surface area contributed by atoms with Gasteiger partial charge in [0.25, 0.3) is 0 Å². The Hall–Kier alpha value is -1.36. The molecule has 0 aliphatic rings. The molecule has 0 aliphatic carbocycles. The van der Waals surface area contributed by atoms with Crippen molar-refractivity contribution in [3.05, 3.63) is 35.4 Å². The van der Waals surface area contributed by atoms with Crippen molar-refractivity contribution >= 4 is 16.7 Å². The van der Waals surface area contributed by atoms with Gasteiger partial charge in [-0.3, -0.25) is 0 Å². The van der Waals surface area contributed by atoms with E-state index in [0.717, 1.165) is 24.8 Å². The van der Waals surface area contributed by atoms with Crippen molar-refractivity contribution in [3.8, 4) is 0 Å². The summed E-state index contributed by atoms with van der Waals surface area (Å²) < 4.78 is 27.2. The summed E-state index contributed by atoms with van der Waals surface area (Å²) in [5, 5.41) is 0. The molecule has 0 N–H and O–H groups in total. The van der Waals surface area contributed by atoms with Gasteiger partial charge in [0.05, 0.1) is 18.4 Å². The van der Waals surface area contributed by atoms with Gasteiger partial charge in [-0.25, -0.2) is 13.2 Å². The second kappa shape index (κ2) is 8.32. The molecule has 0 bridgehead atoms. The highest BCUT2D eigenvalue weighted by atomic mass is 32.2. The summed E-state index contributed by atoms with van der Waals surface area (Å²) in [5.41, 5.74) is 1.35. The SMILES string of the molecule is CCCC(C[SH](=O)=O)C(C)(CC)c1ccc(C(=O)OC)cc1. The fourth-order valence-corrected chi connectivity index (χ4v) is 3.92. The van der Waals surface area contributed by atoms with Crippen LogP contribution in [0.2, 0.25) is 0 Å². The van der Waals surface area contributed by atoms with Gasteiger partial charge in [0.2, 0.25) is 0 Å².